The predicted molar refractivity (Wildman–Crippen MR) is 119 cm³/mol. The normalized spacial score (nSPS) is 11.0. The minimum atomic E-state index is -1.00. The van der Waals surface area contributed by atoms with E-state index in [9.17, 15) is 14.0 Å². The van der Waals surface area contributed by atoms with Crippen molar-refractivity contribution < 1.29 is 28.3 Å². The first-order valence-electron chi connectivity index (χ1n) is 11.9. The third kappa shape index (κ3) is 10.7. The first-order chi connectivity index (χ1) is 14.9. The van der Waals surface area contributed by atoms with E-state index in [2.05, 4.69) is 6.92 Å². The van der Waals surface area contributed by atoms with Crippen molar-refractivity contribution in [3.05, 3.63) is 23.3 Å². The molecular weight excluding hydrogens is 401 g/mol. The third-order valence-corrected chi connectivity index (χ3v) is 5.01. The maximum atomic E-state index is 14.8. The van der Waals surface area contributed by atoms with Crippen LogP contribution >= 0.6 is 0 Å². The summed E-state index contributed by atoms with van der Waals surface area (Å²) in [5.41, 5.74) is -0.0862. The van der Waals surface area contributed by atoms with Gasteiger partial charge in [0, 0.05) is 5.56 Å². The molecule has 0 aromatic carbocycles. The lowest BCUT2D eigenvalue weighted by molar-refractivity contribution is 0.0222. The van der Waals surface area contributed by atoms with Crippen LogP contribution in [-0.4, -0.2) is 29.6 Å². The molecule has 0 saturated carbocycles. The molecule has 0 atom stereocenters. The molecule has 31 heavy (non-hydrogen) atoms. The topological polar surface area (TPSA) is 66.8 Å². The molecule has 0 radical (unpaired) electrons. The first-order valence-corrected chi connectivity index (χ1v) is 11.9. The van der Waals surface area contributed by atoms with Crippen molar-refractivity contribution in [1.82, 2.24) is 4.73 Å². The summed E-state index contributed by atoms with van der Waals surface area (Å²) in [6.45, 7) is 7.28. The molecule has 0 aliphatic rings. The fourth-order valence-corrected chi connectivity index (χ4v) is 3.41. The van der Waals surface area contributed by atoms with Crippen molar-refractivity contribution in [1.29, 1.82) is 0 Å². The Morgan fingerprint density at radius 1 is 0.935 bits per heavy atom. The Hall–Kier alpha value is -2.05. The van der Waals surface area contributed by atoms with E-state index in [4.69, 9.17) is 14.3 Å². The molecule has 6 nitrogen and oxygen atoms in total. The second-order valence-electron chi connectivity index (χ2n) is 8.16. The van der Waals surface area contributed by atoms with Crippen LogP contribution in [0.15, 0.2) is 6.20 Å². The molecule has 1 aromatic rings. The maximum Gasteiger partial charge on any atom is 0.534 e. The largest absolute Gasteiger partial charge is 0.534 e. The Bertz CT molecular complexity index is 657. The molecule has 1 heterocycles. The lowest BCUT2D eigenvalue weighted by Gasteiger charge is -2.10. The molecule has 0 fully saturated rings. The smallest absolute Gasteiger partial charge is 0.461 e. The number of aromatic nitrogens is 1. The van der Waals surface area contributed by atoms with Crippen molar-refractivity contribution in [2.45, 2.75) is 111 Å². The van der Waals surface area contributed by atoms with E-state index < -0.39 is 29.7 Å². The van der Waals surface area contributed by atoms with Crippen LogP contribution in [-0.2, 0) is 15.9 Å². The zero-order valence-electron chi connectivity index (χ0n) is 19.7. The highest BCUT2D eigenvalue weighted by Crippen LogP contribution is 2.20. The van der Waals surface area contributed by atoms with E-state index in [1.165, 1.54) is 57.6 Å². The lowest BCUT2D eigenvalue weighted by atomic mass is 10.0. The molecule has 1 aromatic heterocycles. The van der Waals surface area contributed by atoms with Gasteiger partial charge in [-0.25, -0.2) is 14.0 Å². The first kappa shape index (κ1) is 27.0. The Morgan fingerprint density at radius 2 is 1.48 bits per heavy atom. The van der Waals surface area contributed by atoms with Crippen molar-refractivity contribution in [2.75, 3.05) is 6.61 Å². The third-order valence-electron chi connectivity index (χ3n) is 5.01. The molecule has 0 N–H and O–H groups in total. The molecule has 0 aliphatic heterocycles. The fourth-order valence-electron chi connectivity index (χ4n) is 3.41. The number of ether oxygens (including phenoxy) is 2. The standard InChI is InChI=1S/C24H40FNO5/c1-5-7-8-9-10-11-12-13-14-15-16-17-20-18-26(31-24(28)30-19(3)4)22(21(20)25)23(27)29-6-2/h18-19H,5-17H2,1-4H3. The molecule has 0 aliphatic carbocycles. The van der Waals surface area contributed by atoms with E-state index >= 15 is 0 Å². The summed E-state index contributed by atoms with van der Waals surface area (Å²) in [5.74, 6) is -1.58. The average Bonchev–Trinajstić information content (AvgIpc) is 3.00. The van der Waals surface area contributed by atoms with E-state index in [0.29, 0.717) is 12.0 Å². The number of hydrogen-bond acceptors (Lipinski definition) is 5. The summed E-state index contributed by atoms with van der Waals surface area (Å²) in [6, 6.07) is 0. The number of nitrogens with zero attached hydrogens (tertiary/aromatic N) is 1. The second-order valence-corrected chi connectivity index (χ2v) is 8.16. The summed E-state index contributed by atoms with van der Waals surface area (Å²) in [4.78, 5) is 28.9. The number of hydrogen-bond donors (Lipinski definition) is 0. The molecule has 1 rings (SSSR count). The summed E-state index contributed by atoms with van der Waals surface area (Å²) < 4.78 is 25.5. The molecule has 0 amide bonds. The highest BCUT2D eigenvalue weighted by molar-refractivity contribution is 5.88. The Morgan fingerprint density at radius 3 is 2.00 bits per heavy atom. The van der Waals surface area contributed by atoms with Gasteiger partial charge in [0.2, 0.25) is 5.69 Å². The van der Waals surface area contributed by atoms with E-state index in [1.807, 2.05) is 0 Å². The molecule has 0 bridgehead atoms. The maximum absolute atomic E-state index is 14.8. The van der Waals surface area contributed by atoms with Crippen LogP contribution in [0.2, 0.25) is 0 Å². The summed E-state index contributed by atoms with van der Waals surface area (Å²) in [5, 5.41) is 0. The van der Waals surface area contributed by atoms with Gasteiger partial charge in [0.05, 0.1) is 18.9 Å². The highest BCUT2D eigenvalue weighted by Gasteiger charge is 2.26. The van der Waals surface area contributed by atoms with Gasteiger partial charge in [0.1, 0.15) is 0 Å². The van der Waals surface area contributed by atoms with Gasteiger partial charge in [-0.15, -0.1) is 0 Å². The quantitative estimate of drug-likeness (QED) is 0.213. The number of rotatable bonds is 16. The van der Waals surface area contributed by atoms with Crippen molar-refractivity contribution in [3.63, 3.8) is 0 Å². The van der Waals surface area contributed by atoms with Crippen LogP contribution < -0.4 is 4.84 Å². The van der Waals surface area contributed by atoms with Crippen LogP contribution in [0.4, 0.5) is 9.18 Å². The molecule has 7 heteroatoms. The van der Waals surface area contributed by atoms with Gasteiger partial charge in [0.15, 0.2) is 5.82 Å². The molecule has 0 saturated heterocycles. The average molecular weight is 442 g/mol. The van der Waals surface area contributed by atoms with Gasteiger partial charge >= 0.3 is 12.1 Å². The number of esters is 1. The minimum absolute atomic E-state index is 0.0911. The lowest BCUT2D eigenvalue weighted by Crippen LogP contribution is -2.26. The van der Waals surface area contributed by atoms with Gasteiger partial charge in [0.25, 0.3) is 0 Å². The number of unbranched alkanes of at least 4 members (excludes halogenated alkanes) is 10. The van der Waals surface area contributed by atoms with Crippen molar-refractivity contribution >= 4 is 12.1 Å². The SMILES string of the molecule is CCCCCCCCCCCCCc1cn(OC(=O)OC(C)C)c(C(=O)OCC)c1F. The predicted octanol–water partition coefficient (Wildman–Crippen LogP) is 6.63. The van der Waals surface area contributed by atoms with Gasteiger partial charge in [-0.3, -0.25) is 0 Å². The summed E-state index contributed by atoms with van der Waals surface area (Å²) in [6.07, 6.45) is 13.6. The number of carbonyl (C=O) groups excluding carboxylic acids is 2. The second kappa shape index (κ2) is 15.7. The van der Waals surface area contributed by atoms with Gasteiger partial charge in [-0.1, -0.05) is 71.1 Å². The van der Waals surface area contributed by atoms with Gasteiger partial charge in [-0.05, 0) is 33.6 Å². The zero-order valence-corrected chi connectivity index (χ0v) is 19.7. The Balaban J connectivity index is 2.49. The number of carbonyl (C=O) groups is 2. The molecule has 0 spiro atoms. The molecule has 178 valence electrons. The van der Waals surface area contributed by atoms with Crippen LogP contribution in [0.5, 0.6) is 0 Å². The van der Waals surface area contributed by atoms with E-state index in [1.54, 1.807) is 20.8 Å². The Labute approximate surface area is 186 Å². The van der Waals surface area contributed by atoms with E-state index in [0.717, 1.165) is 24.0 Å². The van der Waals surface area contributed by atoms with Crippen molar-refractivity contribution in [2.24, 2.45) is 0 Å². The molecule has 0 unspecified atom stereocenters. The van der Waals surface area contributed by atoms with Crippen LogP contribution in [0.25, 0.3) is 0 Å². The van der Waals surface area contributed by atoms with Crippen LogP contribution in [0.1, 0.15) is 114 Å². The van der Waals surface area contributed by atoms with Crippen LogP contribution in [0.3, 0.4) is 0 Å². The van der Waals surface area contributed by atoms with Crippen LogP contribution in [0, 0.1) is 5.82 Å². The number of halogens is 1. The highest BCUT2D eigenvalue weighted by atomic mass is 19.1. The summed E-state index contributed by atoms with van der Waals surface area (Å²) in [7, 11) is 0. The Kier molecular flexibility index (Phi) is 13.7. The zero-order chi connectivity index (χ0) is 23.1. The number of aryl methyl sites for hydroxylation is 1. The summed E-state index contributed by atoms with van der Waals surface area (Å²) >= 11 is 0. The van der Waals surface area contributed by atoms with Gasteiger partial charge in [-0.2, -0.15) is 4.73 Å². The van der Waals surface area contributed by atoms with Crippen molar-refractivity contribution in [3.8, 4) is 0 Å². The van der Waals surface area contributed by atoms with Gasteiger partial charge < -0.3 is 14.3 Å². The minimum Gasteiger partial charge on any atom is -0.461 e. The van der Waals surface area contributed by atoms with E-state index in [-0.39, 0.29) is 6.61 Å². The molecular formula is C24H40FNO5. The monoisotopic (exact) mass is 441 g/mol. The fraction of sp³-hybridized carbons (Fsp3) is 0.750.